The molecule has 2 aliphatic heterocycles. The summed E-state index contributed by atoms with van der Waals surface area (Å²) in [6, 6.07) is 9.62. The van der Waals surface area contributed by atoms with E-state index in [1.54, 1.807) is 24.3 Å². The molecule has 0 aliphatic carbocycles. The number of rotatable bonds is 5. The monoisotopic (exact) mass is 505 g/mol. The maximum atomic E-state index is 15.2. The molecule has 0 spiro atoms. The quantitative estimate of drug-likeness (QED) is 0.565. The Labute approximate surface area is 202 Å². The van der Waals surface area contributed by atoms with E-state index in [9.17, 15) is 14.1 Å². The van der Waals surface area contributed by atoms with Gasteiger partial charge in [0, 0.05) is 23.8 Å². The van der Waals surface area contributed by atoms with Crippen molar-refractivity contribution in [3.05, 3.63) is 58.7 Å². The standard InChI is InChI=1S/C23H21ClFN3O5S/c24-15-4-2-14(3-5-15)12-28-18-10-16(17(25)11-19(18)34(31)9-6-20(28)30)21-26-22(33-27-21)23(13-29)7-1-8-32-23/h2-5,10-11,29H,1,6-9,12-13H2. The first-order valence-electron chi connectivity index (χ1n) is 10.8. The second kappa shape index (κ2) is 9.18. The van der Waals surface area contributed by atoms with Gasteiger partial charge in [-0.1, -0.05) is 28.9 Å². The molecule has 34 heavy (non-hydrogen) atoms. The van der Waals surface area contributed by atoms with Gasteiger partial charge in [-0.2, -0.15) is 4.98 Å². The van der Waals surface area contributed by atoms with Crippen LogP contribution >= 0.6 is 11.6 Å². The molecule has 1 saturated heterocycles. The summed E-state index contributed by atoms with van der Waals surface area (Å²) in [4.78, 5) is 19.0. The van der Waals surface area contributed by atoms with Crippen LogP contribution < -0.4 is 4.90 Å². The minimum atomic E-state index is -1.56. The molecule has 1 fully saturated rings. The number of hydrogen-bond acceptors (Lipinski definition) is 7. The lowest BCUT2D eigenvalue weighted by Crippen LogP contribution is -2.30. The summed E-state index contributed by atoms with van der Waals surface area (Å²) in [5, 5.41) is 14.3. The molecule has 0 radical (unpaired) electrons. The minimum absolute atomic E-state index is 0.00681. The topological polar surface area (TPSA) is 106 Å². The Morgan fingerprint density at radius 1 is 1.26 bits per heavy atom. The van der Waals surface area contributed by atoms with Gasteiger partial charge in [0.25, 0.3) is 5.89 Å². The molecular formula is C23H21ClFN3O5S. The highest BCUT2D eigenvalue weighted by molar-refractivity contribution is 7.85. The molecule has 2 unspecified atom stereocenters. The van der Waals surface area contributed by atoms with Crippen molar-refractivity contribution >= 4 is 34.0 Å². The number of aromatic nitrogens is 2. The Hall–Kier alpha value is -2.66. The van der Waals surface area contributed by atoms with Gasteiger partial charge < -0.3 is 19.3 Å². The number of aliphatic hydroxyl groups excluding tert-OH is 1. The molecule has 8 nitrogen and oxygen atoms in total. The van der Waals surface area contributed by atoms with Gasteiger partial charge in [-0.15, -0.1) is 0 Å². The van der Waals surface area contributed by atoms with Crippen LogP contribution in [0.1, 0.15) is 30.7 Å². The molecule has 2 aromatic carbocycles. The van der Waals surface area contributed by atoms with Crippen LogP contribution in [0.5, 0.6) is 0 Å². The first kappa shape index (κ1) is 23.1. The SMILES string of the molecule is O=C1CCS(=O)c2cc(F)c(-c3noc(C4(CO)CCCO4)n3)cc2N1Cc1ccc(Cl)cc1. The van der Waals surface area contributed by atoms with Gasteiger partial charge in [0.1, 0.15) is 5.82 Å². The number of hydrogen-bond donors (Lipinski definition) is 1. The normalized spacial score (nSPS) is 22.6. The van der Waals surface area contributed by atoms with Crippen LogP contribution in [0, 0.1) is 5.82 Å². The molecule has 2 aliphatic rings. The van der Waals surface area contributed by atoms with E-state index >= 15 is 4.39 Å². The second-order valence-corrected chi connectivity index (χ2v) is 10.2. The summed E-state index contributed by atoms with van der Waals surface area (Å²) in [6.07, 6.45) is 1.29. The molecule has 1 amide bonds. The van der Waals surface area contributed by atoms with Crippen molar-refractivity contribution in [2.75, 3.05) is 23.9 Å². The lowest BCUT2D eigenvalue weighted by molar-refractivity contribution is -0.118. The van der Waals surface area contributed by atoms with Gasteiger partial charge in [-0.05, 0) is 42.7 Å². The highest BCUT2D eigenvalue weighted by Gasteiger charge is 2.42. The van der Waals surface area contributed by atoms with Crippen LogP contribution in [0.15, 0.2) is 45.8 Å². The number of ether oxygens (including phenoxy) is 1. The zero-order valence-corrected chi connectivity index (χ0v) is 19.6. The largest absolute Gasteiger partial charge is 0.393 e. The summed E-state index contributed by atoms with van der Waals surface area (Å²) in [5.74, 6) is -0.801. The number of carbonyl (C=O) groups excluding carboxylic acids is 1. The van der Waals surface area contributed by atoms with E-state index in [0.717, 1.165) is 18.1 Å². The first-order chi connectivity index (χ1) is 16.4. The number of amides is 1. The third-order valence-corrected chi connectivity index (χ3v) is 7.70. The molecule has 5 rings (SSSR count). The predicted octanol–water partition coefficient (Wildman–Crippen LogP) is 3.57. The van der Waals surface area contributed by atoms with Gasteiger partial charge in [-0.3, -0.25) is 9.00 Å². The molecular weight excluding hydrogens is 485 g/mol. The lowest BCUT2D eigenvalue weighted by Gasteiger charge is -2.23. The average Bonchev–Trinajstić information content (AvgIpc) is 3.50. The Morgan fingerprint density at radius 3 is 2.76 bits per heavy atom. The van der Waals surface area contributed by atoms with Crippen molar-refractivity contribution in [2.45, 2.75) is 36.3 Å². The van der Waals surface area contributed by atoms with Crippen molar-refractivity contribution in [1.29, 1.82) is 0 Å². The summed E-state index contributed by atoms with van der Waals surface area (Å²) in [7, 11) is -1.56. The molecule has 3 heterocycles. The van der Waals surface area contributed by atoms with Crippen molar-refractivity contribution in [3.8, 4) is 11.4 Å². The molecule has 178 valence electrons. The summed E-state index contributed by atoms with van der Waals surface area (Å²) in [5.41, 5.74) is 0.0263. The number of halogens is 2. The van der Waals surface area contributed by atoms with Crippen molar-refractivity contribution < 1.29 is 27.8 Å². The fraction of sp³-hybridized carbons (Fsp3) is 0.348. The molecule has 11 heteroatoms. The molecule has 1 aromatic heterocycles. The van der Waals surface area contributed by atoms with E-state index in [1.807, 2.05) is 0 Å². The van der Waals surface area contributed by atoms with E-state index < -0.39 is 22.2 Å². The molecule has 1 N–H and O–H groups in total. The zero-order chi connectivity index (χ0) is 23.9. The van der Waals surface area contributed by atoms with E-state index in [-0.39, 0.29) is 53.4 Å². The van der Waals surface area contributed by atoms with Crippen LogP contribution in [0.3, 0.4) is 0 Å². The fourth-order valence-electron chi connectivity index (χ4n) is 4.19. The van der Waals surface area contributed by atoms with Gasteiger partial charge in [0.15, 0.2) is 5.60 Å². The lowest BCUT2D eigenvalue weighted by atomic mass is 10.0. The van der Waals surface area contributed by atoms with Crippen LogP contribution in [0.2, 0.25) is 5.02 Å². The maximum absolute atomic E-state index is 15.2. The fourth-order valence-corrected chi connectivity index (χ4v) is 5.53. The number of nitrogens with zero attached hydrogens (tertiary/aromatic N) is 3. The number of benzene rings is 2. The van der Waals surface area contributed by atoms with Gasteiger partial charge in [-0.25, -0.2) is 4.39 Å². The Bertz CT molecular complexity index is 1260. The van der Waals surface area contributed by atoms with Crippen LogP contribution in [-0.2, 0) is 32.5 Å². The van der Waals surface area contributed by atoms with Crippen molar-refractivity contribution in [2.24, 2.45) is 0 Å². The molecule has 2 atom stereocenters. The number of aliphatic hydroxyl groups is 1. The number of carbonyl (C=O) groups is 1. The van der Waals surface area contributed by atoms with E-state index in [1.165, 1.54) is 11.0 Å². The predicted molar refractivity (Wildman–Crippen MR) is 122 cm³/mol. The van der Waals surface area contributed by atoms with Crippen molar-refractivity contribution in [1.82, 2.24) is 10.1 Å². The Balaban J connectivity index is 1.57. The third kappa shape index (κ3) is 4.15. The van der Waals surface area contributed by atoms with E-state index in [2.05, 4.69) is 10.1 Å². The van der Waals surface area contributed by atoms with Gasteiger partial charge in [0.2, 0.25) is 11.7 Å². The maximum Gasteiger partial charge on any atom is 0.261 e. The van der Waals surface area contributed by atoms with Crippen LogP contribution in [0.25, 0.3) is 11.4 Å². The minimum Gasteiger partial charge on any atom is -0.393 e. The smallest absolute Gasteiger partial charge is 0.261 e. The van der Waals surface area contributed by atoms with Crippen molar-refractivity contribution in [3.63, 3.8) is 0 Å². The number of fused-ring (bicyclic) bond motifs is 1. The third-order valence-electron chi connectivity index (χ3n) is 6.06. The molecule has 3 aromatic rings. The zero-order valence-electron chi connectivity index (χ0n) is 18.0. The van der Waals surface area contributed by atoms with E-state index in [0.29, 0.717) is 23.7 Å². The van der Waals surface area contributed by atoms with Gasteiger partial charge >= 0.3 is 0 Å². The summed E-state index contributed by atoms with van der Waals surface area (Å²) < 4.78 is 39.0. The Kier molecular flexibility index (Phi) is 6.24. The van der Waals surface area contributed by atoms with Gasteiger partial charge in [0.05, 0.1) is 40.1 Å². The van der Waals surface area contributed by atoms with Crippen LogP contribution in [0.4, 0.5) is 10.1 Å². The highest BCUT2D eigenvalue weighted by Crippen LogP contribution is 2.38. The molecule has 0 saturated carbocycles. The van der Waals surface area contributed by atoms with E-state index in [4.69, 9.17) is 20.9 Å². The summed E-state index contributed by atoms with van der Waals surface area (Å²) in [6.45, 7) is 0.299. The second-order valence-electron chi connectivity index (χ2n) is 8.23. The highest BCUT2D eigenvalue weighted by atomic mass is 35.5. The average molecular weight is 506 g/mol. The number of anilines is 1. The summed E-state index contributed by atoms with van der Waals surface area (Å²) >= 11 is 5.97. The van der Waals surface area contributed by atoms with Crippen LogP contribution in [-0.4, -0.2) is 44.3 Å². The Morgan fingerprint density at radius 2 is 2.06 bits per heavy atom. The first-order valence-corrected chi connectivity index (χ1v) is 12.5. The molecule has 0 bridgehead atoms.